The lowest BCUT2D eigenvalue weighted by atomic mass is 10.1. The molecule has 0 amide bonds. The van der Waals surface area contributed by atoms with E-state index < -0.39 is 0 Å². The summed E-state index contributed by atoms with van der Waals surface area (Å²) in [7, 11) is 0. The summed E-state index contributed by atoms with van der Waals surface area (Å²) in [6, 6.07) is 18.3. The van der Waals surface area contributed by atoms with E-state index in [2.05, 4.69) is 28.4 Å². The Morgan fingerprint density at radius 3 is 2.72 bits per heavy atom. The van der Waals surface area contributed by atoms with Crippen LogP contribution in [0, 0.1) is 11.3 Å². The van der Waals surface area contributed by atoms with Gasteiger partial charge in [-0.05, 0) is 30.3 Å². The number of fused-ring (bicyclic) bond motifs is 1. The third-order valence-electron chi connectivity index (χ3n) is 3.14. The van der Waals surface area contributed by atoms with E-state index in [0.717, 1.165) is 24.5 Å². The summed E-state index contributed by atoms with van der Waals surface area (Å²) in [6.45, 7) is 1.82. The highest BCUT2D eigenvalue weighted by Gasteiger charge is 2.17. The van der Waals surface area contributed by atoms with Gasteiger partial charge in [-0.15, -0.1) is 0 Å². The zero-order chi connectivity index (χ0) is 12.4. The molecule has 0 atom stereocenters. The Balaban J connectivity index is 2.05. The monoisotopic (exact) mass is 235 g/mol. The van der Waals surface area contributed by atoms with Crippen molar-refractivity contribution in [1.82, 2.24) is 0 Å². The molecule has 0 spiro atoms. The average Bonchev–Trinajstić information content (AvgIpc) is 2.47. The Bertz CT molecular complexity index is 599. The second-order valence-corrected chi connectivity index (χ2v) is 4.26. The Labute approximate surface area is 106 Å². The molecule has 18 heavy (non-hydrogen) atoms. The van der Waals surface area contributed by atoms with Gasteiger partial charge in [-0.25, -0.2) is 0 Å². The number of para-hydroxylation sites is 1. The smallest absolute Gasteiger partial charge is 0.0992 e. The summed E-state index contributed by atoms with van der Waals surface area (Å²) in [5.41, 5.74) is 4.04. The maximum Gasteiger partial charge on any atom is 0.0992 e. The summed E-state index contributed by atoms with van der Waals surface area (Å²) in [5, 5.41) is 12.3. The third kappa shape index (κ3) is 1.78. The highest BCUT2D eigenvalue weighted by molar-refractivity contribution is 5.79. The largest absolute Gasteiger partial charge is 0.382 e. The summed E-state index contributed by atoms with van der Waals surface area (Å²) in [5.74, 6) is 0. The Kier molecular flexibility index (Phi) is 2.62. The van der Waals surface area contributed by atoms with E-state index in [9.17, 15) is 0 Å². The molecule has 1 aliphatic heterocycles. The van der Waals surface area contributed by atoms with Gasteiger partial charge < -0.3 is 10.2 Å². The molecule has 88 valence electrons. The predicted molar refractivity (Wildman–Crippen MR) is 73.1 cm³/mol. The molecule has 0 fully saturated rings. The third-order valence-corrected chi connectivity index (χ3v) is 3.14. The fourth-order valence-electron chi connectivity index (χ4n) is 2.28. The molecule has 3 rings (SSSR count). The van der Waals surface area contributed by atoms with E-state index in [1.807, 2.05) is 36.4 Å². The predicted octanol–water partition coefficient (Wildman–Crippen LogP) is 3.12. The lowest BCUT2D eigenvalue weighted by Crippen LogP contribution is -2.30. The molecule has 3 heteroatoms. The lowest BCUT2D eigenvalue weighted by molar-refractivity contribution is 0.926. The normalized spacial score (nSPS) is 13.4. The highest BCUT2D eigenvalue weighted by atomic mass is 15.2. The Hall–Kier alpha value is -2.47. The topological polar surface area (TPSA) is 39.1 Å². The number of nitrogens with one attached hydrogen (secondary N) is 1. The quantitative estimate of drug-likeness (QED) is 0.825. The average molecular weight is 235 g/mol. The van der Waals surface area contributed by atoms with E-state index >= 15 is 0 Å². The van der Waals surface area contributed by atoms with Crippen molar-refractivity contribution in [2.75, 3.05) is 23.3 Å². The Morgan fingerprint density at radius 1 is 1.11 bits per heavy atom. The number of nitriles is 1. The second-order valence-electron chi connectivity index (χ2n) is 4.26. The number of benzene rings is 2. The van der Waals surface area contributed by atoms with Crippen LogP contribution >= 0.6 is 0 Å². The number of hydrogen-bond donors (Lipinski definition) is 1. The van der Waals surface area contributed by atoms with Crippen LogP contribution in [0.5, 0.6) is 0 Å². The molecule has 0 saturated carbocycles. The minimum Gasteiger partial charge on any atom is -0.382 e. The summed E-state index contributed by atoms with van der Waals surface area (Å²) >= 11 is 0. The molecule has 2 aromatic carbocycles. The van der Waals surface area contributed by atoms with Crippen LogP contribution in [0.15, 0.2) is 48.5 Å². The van der Waals surface area contributed by atoms with Crippen LogP contribution < -0.4 is 10.2 Å². The molecule has 0 aromatic heterocycles. The molecule has 0 aliphatic carbocycles. The minimum atomic E-state index is 0.691. The molecular formula is C15H13N3. The number of nitrogens with zero attached hydrogens (tertiary/aromatic N) is 2. The molecule has 1 aliphatic rings. The zero-order valence-corrected chi connectivity index (χ0v) is 9.93. The van der Waals surface area contributed by atoms with Crippen LogP contribution in [-0.4, -0.2) is 13.1 Å². The molecule has 0 radical (unpaired) electrons. The van der Waals surface area contributed by atoms with Crippen molar-refractivity contribution < 1.29 is 0 Å². The molecule has 0 saturated heterocycles. The molecule has 1 heterocycles. The van der Waals surface area contributed by atoms with Crippen LogP contribution in [-0.2, 0) is 0 Å². The van der Waals surface area contributed by atoms with Gasteiger partial charge in [0.2, 0.25) is 0 Å². The van der Waals surface area contributed by atoms with Gasteiger partial charge in [0.1, 0.15) is 0 Å². The molecule has 1 N–H and O–H groups in total. The van der Waals surface area contributed by atoms with Gasteiger partial charge in [0.05, 0.1) is 23.0 Å². The van der Waals surface area contributed by atoms with Crippen LogP contribution in [0.4, 0.5) is 17.1 Å². The summed E-state index contributed by atoms with van der Waals surface area (Å²) < 4.78 is 0. The van der Waals surface area contributed by atoms with Gasteiger partial charge in [0.25, 0.3) is 0 Å². The first-order chi connectivity index (χ1) is 8.88. The molecular weight excluding hydrogens is 222 g/mol. The second kappa shape index (κ2) is 4.42. The van der Waals surface area contributed by atoms with E-state index in [-0.39, 0.29) is 0 Å². The first-order valence-electron chi connectivity index (χ1n) is 5.99. The summed E-state index contributed by atoms with van der Waals surface area (Å²) in [4.78, 5) is 2.27. The SMILES string of the molecule is N#Cc1ccc2c(c1)NCCN2c1ccccc1. The Morgan fingerprint density at radius 2 is 1.94 bits per heavy atom. The van der Waals surface area contributed by atoms with Crippen molar-refractivity contribution in [1.29, 1.82) is 5.26 Å². The van der Waals surface area contributed by atoms with E-state index in [4.69, 9.17) is 5.26 Å². The van der Waals surface area contributed by atoms with Crippen LogP contribution in [0.3, 0.4) is 0 Å². The number of hydrogen-bond acceptors (Lipinski definition) is 3. The standard InChI is InChI=1S/C15H13N3/c16-11-12-6-7-15-14(10-12)17-8-9-18(15)13-4-2-1-3-5-13/h1-7,10,17H,8-9H2. The van der Waals surface area contributed by atoms with Gasteiger partial charge >= 0.3 is 0 Å². The maximum absolute atomic E-state index is 8.93. The van der Waals surface area contributed by atoms with E-state index in [1.165, 1.54) is 5.69 Å². The molecule has 2 aromatic rings. The molecule has 3 nitrogen and oxygen atoms in total. The van der Waals surface area contributed by atoms with Crippen LogP contribution in [0.2, 0.25) is 0 Å². The van der Waals surface area contributed by atoms with Crippen LogP contribution in [0.1, 0.15) is 5.56 Å². The van der Waals surface area contributed by atoms with Crippen molar-refractivity contribution in [3.05, 3.63) is 54.1 Å². The first-order valence-corrected chi connectivity index (χ1v) is 5.99. The minimum absolute atomic E-state index is 0.691. The number of anilines is 3. The first kappa shape index (κ1) is 10.7. The van der Waals surface area contributed by atoms with Crippen LogP contribution in [0.25, 0.3) is 0 Å². The number of rotatable bonds is 1. The van der Waals surface area contributed by atoms with Crippen molar-refractivity contribution in [3.8, 4) is 6.07 Å². The highest BCUT2D eigenvalue weighted by Crippen LogP contribution is 2.34. The van der Waals surface area contributed by atoms with Crippen molar-refractivity contribution >= 4 is 17.1 Å². The van der Waals surface area contributed by atoms with E-state index in [1.54, 1.807) is 0 Å². The van der Waals surface area contributed by atoms with Gasteiger partial charge in [0, 0.05) is 18.8 Å². The maximum atomic E-state index is 8.93. The fourth-order valence-corrected chi connectivity index (χ4v) is 2.28. The van der Waals surface area contributed by atoms with Crippen molar-refractivity contribution in [2.45, 2.75) is 0 Å². The summed E-state index contributed by atoms with van der Waals surface area (Å²) in [6.07, 6.45) is 0. The van der Waals surface area contributed by atoms with Gasteiger partial charge in [-0.3, -0.25) is 0 Å². The van der Waals surface area contributed by atoms with Gasteiger partial charge in [-0.1, -0.05) is 18.2 Å². The molecule has 0 unspecified atom stereocenters. The molecule has 0 bridgehead atoms. The van der Waals surface area contributed by atoms with Gasteiger partial charge in [-0.2, -0.15) is 5.26 Å². The van der Waals surface area contributed by atoms with Crippen molar-refractivity contribution in [2.24, 2.45) is 0 Å². The fraction of sp³-hybridized carbons (Fsp3) is 0.133. The van der Waals surface area contributed by atoms with E-state index in [0.29, 0.717) is 5.56 Å². The van der Waals surface area contributed by atoms with Gasteiger partial charge in [0.15, 0.2) is 0 Å². The van der Waals surface area contributed by atoms with Crippen molar-refractivity contribution in [3.63, 3.8) is 0 Å². The lowest BCUT2D eigenvalue weighted by Gasteiger charge is -2.32. The zero-order valence-electron chi connectivity index (χ0n) is 9.93.